The summed E-state index contributed by atoms with van der Waals surface area (Å²) in [5.41, 5.74) is -7.35. The SMILES string of the molecule is [2H]c1c([2H])c([2H])c(-c2c([2H])c([2H])c([2H])c(-n3c4c([2H])c([2H])c([2H])c([2H])c4c4c5c6c([2H])c([2H])c([2H])c([2H])c6n(-c6c([2H])c([2H])c([2H])c(-c7c([2H])c([2H])c(C)c([2H])c7[2H])c6[2H])c5c([2H])c([2H])c43)c2[2H])c([2H])c1[2H]. The minimum atomic E-state index is -1.02. The Hall–Kier alpha value is -5.86. The molecule has 0 saturated heterocycles. The normalized spacial score (nSPS) is 20.1. The van der Waals surface area contributed by atoms with Gasteiger partial charge in [-0.15, -0.1) is 0 Å². The Kier molecular flexibility index (Phi) is 2.33. The number of para-hydroxylation sites is 2. The first-order valence-corrected chi connectivity index (χ1v) is 13.3. The Morgan fingerprint density at radius 3 is 1.36 bits per heavy atom. The molecule has 45 heavy (non-hydrogen) atoms. The van der Waals surface area contributed by atoms with Gasteiger partial charge in [-0.1, -0.05) is 120 Å². The van der Waals surface area contributed by atoms with Crippen LogP contribution in [0.5, 0.6) is 0 Å². The van der Waals surface area contributed by atoms with E-state index in [0.717, 1.165) is 9.13 Å². The van der Waals surface area contributed by atoms with Crippen LogP contribution in [0.25, 0.3) is 77.2 Å². The summed E-state index contributed by atoms with van der Waals surface area (Å²) in [4.78, 5) is 0. The highest BCUT2D eigenvalue weighted by molar-refractivity contribution is 6.28. The first-order valence-electron chi connectivity index (χ1n) is 26.8. The Bertz CT molecular complexity index is 3760. The summed E-state index contributed by atoms with van der Waals surface area (Å²) in [5.74, 6) is 0. The predicted molar refractivity (Wildman–Crippen MR) is 191 cm³/mol. The van der Waals surface area contributed by atoms with Gasteiger partial charge in [-0.2, -0.15) is 0 Å². The van der Waals surface area contributed by atoms with Crippen molar-refractivity contribution in [1.29, 1.82) is 0 Å². The molecular formula is C43H30N2. The topological polar surface area (TPSA) is 9.86 Å². The van der Waals surface area contributed by atoms with E-state index in [2.05, 4.69) is 0 Å². The van der Waals surface area contributed by atoms with Crippen molar-refractivity contribution in [3.63, 3.8) is 0 Å². The number of fused-ring (bicyclic) bond motifs is 7. The van der Waals surface area contributed by atoms with Crippen LogP contribution < -0.4 is 0 Å². The highest BCUT2D eigenvalue weighted by Gasteiger charge is 2.20. The van der Waals surface area contributed by atoms with E-state index in [1.54, 1.807) is 0 Å². The quantitative estimate of drug-likeness (QED) is 0.190. The first-order chi connectivity index (χ1) is 33.5. The lowest BCUT2D eigenvalue weighted by Crippen LogP contribution is -1.95. The van der Waals surface area contributed by atoms with Crippen LogP contribution in [-0.4, -0.2) is 9.13 Å². The summed E-state index contributed by atoms with van der Waals surface area (Å²) in [5, 5.41) is -2.18. The second-order valence-electron chi connectivity index (χ2n) is 9.76. The molecule has 0 spiro atoms. The fourth-order valence-electron chi connectivity index (χ4n) is 5.30. The van der Waals surface area contributed by atoms with Crippen molar-refractivity contribution in [3.05, 3.63) is 169 Å². The smallest absolute Gasteiger partial charge is 0.0651 e. The highest BCUT2D eigenvalue weighted by atomic mass is 15.0. The van der Waals surface area contributed by atoms with Crippen LogP contribution in [0.2, 0.25) is 0 Å². The van der Waals surface area contributed by atoms with Gasteiger partial charge in [0.25, 0.3) is 0 Å². The van der Waals surface area contributed by atoms with E-state index in [1.165, 1.54) is 6.92 Å². The summed E-state index contributed by atoms with van der Waals surface area (Å²) in [6, 6.07) is -24.3. The Labute approximate surface area is 300 Å². The molecule has 0 aliphatic carbocycles. The number of aromatic nitrogens is 2. The summed E-state index contributed by atoms with van der Waals surface area (Å²) < 4.78 is 244. The fraction of sp³-hybridized carbons (Fsp3) is 0.0233. The van der Waals surface area contributed by atoms with E-state index in [4.69, 9.17) is 23.3 Å². The number of nitrogens with zero attached hydrogens (tertiary/aromatic N) is 2. The maximum absolute atomic E-state index is 9.76. The van der Waals surface area contributed by atoms with Gasteiger partial charge in [0.1, 0.15) is 0 Å². The van der Waals surface area contributed by atoms with Crippen molar-refractivity contribution in [2.75, 3.05) is 0 Å². The van der Waals surface area contributed by atoms with Crippen molar-refractivity contribution in [3.8, 4) is 33.6 Å². The molecular weight excluding hydrogens is 544 g/mol. The van der Waals surface area contributed by atoms with Crippen molar-refractivity contribution in [2.24, 2.45) is 0 Å². The molecule has 212 valence electrons. The summed E-state index contributed by atoms with van der Waals surface area (Å²) >= 11 is 0. The molecule has 0 atom stereocenters. The van der Waals surface area contributed by atoms with Crippen LogP contribution in [0, 0.1) is 6.92 Å². The van der Waals surface area contributed by atoms with Gasteiger partial charge in [-0.3, -0.25) is 0 Å². The van der Waals surface area contributed by atoms with Gasteiger partial charge in [0, 0.05) is 32.9 Å². The summed E-state index contributed by atoms with van der Waals surface area (Å²) in [6.07, 6.45) is 0. The van der Waals surface area contributed by atoms with Gasteiger partial charge in [0.15, 0.2) is 0 Å². The predicted octanol–water partition coefficient (Wildman–Crippen LogP) is 11.5. The van der Waals surface area contributed by atoms with Crippen LogP contribution in [0.4, 0.5) is 0 Å². The van der Waals surface area contributed by atoms with E-state index >= 15 is 0 Å². The van der Waals surface area contributed by atoms with Crippen LogP contribution in [-0.2, 0) is 0 Å². The molecule has 0 fully saturated rings. The second-order valence-corrected chi connectivity index (χ2v) is 9.76. The molecule has 0 radical (unpaired) electrons. The zero-order valence-corrected chi connectivity index (χ0v) is 22.9. The molecule has 9 rings (SSSR count). The minimum absolute atomic E-state index is 0.105. The van der Waals surface area contributed by atoms with Gasteiger partial charge in [-0.25, -0.2) is 0 Å². The van der Waals surface area contributed by atoms with Gasteiger partial charge in [-0.05, 0) is 77.5 Å². The number of rotatable bonds is 4. The number of hydrogen-bond acceptors (Lipinski definition) is 0. The van der Waals surface area contributed by atoms with Crippen LogP contribution in [0.1, 0.15) is 42.6 Å². The van der Waals surface area contributed by atoms with E-state index < -0.39 is 240 Å². The van der Waals surface area contributed by atoms with E-state index in [0.29, 0.717) is 0 Å². The van der Waals surface area contributed by atoms with Crippen LogP contribution in [0.3, 0.4) is 0 Å². The summed E-state index contributed by atoms with van der Waals surface area (Å²) in [7, 11) is 0. The number of benzene rings is 7. The zero-order valence-electron chi connectivity index (χ0n) is 49.9. The maximum Gasteiger partial charge on any atom is 0.0651 e. The largest absolute Gasteiger partial charge is 0.309 e. The average Bonchev–Trinajstić information content (AvgIpc) is 3.88. The monoisotopic (exact) mass is 601 g/mol. The number of hydrogen-bond donors (Lipinski definition) is 0. The molecule has 2 heteroatoms. The molecule has 2 aromatic heterocycles. The van der Waals surface area contributed by atoms with E-state index in [1.807, 2.05) is 0 Å². The molecule has 0 aliphatic heterocycles. The van der Waals surface area contributed by atoms with Crippen LogP contribution >= 0.6 is 0 Å². The van der Waals surface area contributed by atoms with Crippen molar-refractivity contribution >= 4 is 43.6 Å². The van der Waals surface area contributed by atoms with E-state index in [-0.39, 0.29) is 5.56 Å². The Morgan fingerprint density at radius 2 is 0.822 bits per heavy atom. The van der Waals surface area contributed by atoms with Gasteiger partial charge in [0.05, 0.1) is 59.1 Å². The third-order valence-corrected chi connectivity index (χ3v) is 7.17. The first kappa shape index (κ1) is 10.4. The molecule has 0 N–H and O–H groups in total. The maximum atomic E-state index is 9.76. The molecule has 0 unspecified atom stereocenters. The lowest BCUT2D eigenvalue weighted by atomic mass is 10.0. The lowest BCUT2D eigenvalue weighted by molar-refractivity contribution is 1.17. The standard InChI is InChI=1S/C43H30N2/c1-29-21-23-31(24-22-29)33-14-10-16-35(28-33)45-39-20-8-6-18-37(39)43-41(45)26-25-40-42(43)36-17-5-7-19-38(36)44(40)34-15-9-13-32(27-34)30-11-3-2-4-12-30/h2-28H,1H3/i2D,3D,4D,5D,6D,7D,8D,9D,10D,11D,12D,13D,14D,15D,16D,17D,18D,19D,20D,21D,22D,23D,24D,25D,26D,27D,28D. The molecule has 0 saturated carbocycles. The molecule has 9 aromatic rings. The molecule has 7 aromatic carbocycles. The Morgan fingerprint density at radius 1 is 0.378 bits per heavy atom. The molecule has 0 amide bonds. The second kappa shape index (κ2) is 10.1. The van der Waals surface area contributed by atoms with Gasteiger partial charge >= 0.3 is 0 Å². The highest BCUT2D eigenvalue weighted by Crippen LogP contribution is 2.42. The molecule has 2 heterocycles. The van der Waals surface area contributed by atoms with Crippen molar-refractivity contribution in [1.82, 2.24) is 9.13 Å². The van der Waals surface area contributed by atoms with Crippen LogP contribution in [0.15, 0.2) is 163 Å². The van der Waals surface area contributed by atoms with Crippen molar-refractivity contribution in [2.45, 2.75) is 6.92 Å². The average molecular weight is 602 g/mol. The molecule has 0 bridgehead atoms. The lowest BCUT2D eigenvalue weighted by Gasteiger charge is -2.12. The van der Waals surface area contributed by atoms with Crippen molar-refractivity contribution < 1.29 is 37.0 Å². The van der Waals surface area contributed by atoms with E-state index in [9.17, 15) is 13.7 Å². The fourth-order valence-corrected chi connectivity index (χ4v) is 5.30. The Balaban J connectivity index is 1.62. The summed E-state index contributed by atoms with van der Waals surface area (Å²) in [6.45, 7) is 1.30. The van der Waals surface area contributed by atoms with Gasteiger partial charge < -0.3 is 9.13 Å². The molecule has 2 nitrogen and oxygen atoms in total. The minimum Gasteiger partial charge on any atom is -0.309 e. The van der Waals surface area contributed by atoms with Gasteiger partial charge in [0.2, 0.25) is 0 Å². The third kappa shape index (κ3) is 4.03. The zero-order chi connectivity index (χ0) is 53.4. The third-order valence-electron chi connectivity index (χ3n) is 7.17. The molecule has 0 aliphatic rings.